The minimum Gasteiger partial charge on any atom is -0.348 e. The molecule has 2 heteroatoms. The molecule has 2 atom stereocenters. The molecule has 2 nitrogen and oxygen atoms in total. The van der Waals surface area contributed by atoms with Crippen LogP contribution in [0.3, 0.4) is 0 Å². The van der Waals surface area contributed by atoms with Crippen molar-refractivity contribution >= 4 is 0 Å². The van der Waals surface area contributed by atoms with Crippen LogP contribution in [0.4, 0.5) is 0 Å². The van der Waals surface area contributed by atoms with Crippen molar-refractivity contribution in [1.82, 2.24) is 0 Å². The summed E-state index contributed by atoms with van der Waals surface area (Å²) in [7, 11) is 0. The number of ether oxygens (including phenoxy) is 2. The summed E-state index contributed by atoms with van der Waals surface area (Å²) in [6, 6.07) is 0. The van der Waals surface area contributed by atoms with Crippen molar-refractivity contribution in [2.24, 2.45) is 0 Å². The summed E-state index contributed by atoms with van der Waals surface area (Å²) in [6.07, 6.45) is 2.78. The molecule has 0 spiro atoms. The molecule has 0 aromatic rings. The lowest BCUT2D eigenvalue weighted by molar-refractivity contribution is -0.0355. The van der Waals surface area contributed by atoms with Crippen LogP contribution >= 0.6 is 0 Å². The summed E-state index contributed by atoms with van der Waals surface area (Å²) >= 11 is 0. The molecule has 46 valence electrons. The number of rotatable bonds is 0. The lowest BCUT2D eigenvalue weighted by Crippen LogP contribution is -2.20. The summed E-state index contributed by atoms with van der Waals surface area (Å²) in [5.74, 6) is -0.155. The Balaban J connectivity index is 2.04. The molecule has 0 N–H and O–H groups in total. The van der Waals surface area contributed by atoms with Crippen LogP contribution in [0.15, 0.2) is 0 Å². The molecule has 0 radical (unpaired) electrons. The summed E-state index contributed by atoms with van der Waals surface area (Å²) in [4.78, 5) is 0. The second kappa shape index (κ2) is 1.25. The lowest BCUT2D eigenvalue weighted by Gasteiger charge is -2.12. The first-order valence-corrected chi connectivity index (χ1v) is 3.13. The maximum atomic E-state index is 5.32. The highest BCUT2D eigenvalue weighted by molar-refractivity contribution is 4.92. The molecule has 2 rings (SSSR count). The molecule has 2 unspecified atom stereocenters. The van der Waals surface area contributed by atoms with E-state index in [1.54, 1.807) is 0 Å². The Bertz CT molecular complexity index is 111. The third kappa shape index (κ3) is 0.501. The van der Waals surface area contributed by atoms with Gasteiger partial charge in [-0.05, 0) is 19.8 Å². The maximum Gasteiger partial charge on any atom is 0.192 e. The van der Waals surface area contributed by atoms with Gasteiger partial charge in [0.25, 0.3) is 0 Å². The molecule has 2 aliphatic rings. The van der Waals surface area contributed by atoms with E-state index in [4.69, 9.17) is 9.47 Å². The standard InChI is InChI=1S/C6H10O2/c1-6-5(8-6)3-2-4-7-6/h5H,2-4H2,1H3. The van der Waals surface area contributed by atoms with Crippen LogP contribution in [0.2, 0.25) is 0 Å². The number of epoxide rings is 1. The topological polar surface area (TPSA) is 21.8 Å². The average Bonchev–Trinajstić information content (AvgIpc) is 2.39. The van der Waals surface area contributed by atoms with Gasteiger partial charge in [0, 0.05) is 0 Å². The van der Waals surface area contributed by atoms with Crippen LogP contribution in [0, 0.1) is 0 Å². The Kier molecular flexibility index (Phi) is 0.746. The Morgan fingerprint density at radius 1 is 1.62 bits per heavy atom. The van der Waals surface area contributed by atoms with Crippen molar-refractivity contribution in [3.8, 4) is 0 Å². The second-order valence-electron chi connectivity index (χ2n) is 2.61. The number of hydrogen-bond donors (Lipinski definition) is 0. The highest BCUT2D eigenvalue weighted by Crippen LogP contribution is 2.43. The first-order chi connectivity index (χ1) is 3.81. The fourth-order valence-electron chi connectivity index (χ4n) is 1.24. The van der Waals surface area contributed by atoms with Crippen LogP contribution in [0.1, 0.15) is 19.8 Å². The predicted octanol–water partition coefficient (Wildman–Crippen LogP) is 0.912. The fourth-order valence-corrected chi connectivity index (χ4v) is 1.24. The largest absolute Gasteiger partial charge is 0.348 e. The van der Waals surface area contributed by atoms with Crippen LogP contribution in [-0.4, -0.2) is 18.5 Å². The van der Waals surface area contributed by atoms with Gasteiger partial charge in [0.15, 0.2) is 5.79 Å². The fraction of sp³-hybridized carbons (Fsp3) is 1.00. The molecular weight excluding hydrogens is 104 g/mol. The van der Waals surface area contributed by atoms with E-state index in [0.29, 0.717) is 6.10 Å². The molecule has 0 aliphatic carbocycles. The van der Waals surface area contributed by atoms with Crippen molar-refractivity contribution in [2.75, 3.05) is 6.61 Å². The lowest BCUT2D eigenvalue weighted by atomic mass is 10.1. The zero-order valence-corrected chi connectivity index (χ0v) is 5.02. The Morgan fingerprint density at radius 3 is 3.00 bits per heavy atom. The van der Waals surface area contributed by atoms with Gasteiger partial charge in [-0.1, -0.05) is 0 Å². The van der Waals surface area contributed by atoms with Crippen molar-refractivity contribution in [1.29, 1.82) is 0 Å². The molecule has 0 aromatic heterocycles. The third-order valence-corrected chi connectivity index (χ3v) is 1.90. The zero-order valence-electron chi connectivity index (χ0n) is 5.02. The third-order valence-electron chi connectivity index (χ3n) is 1.90. The van der Waals surface area contributed by atoms with E-state index >= 15 is 0 Å². The Hall–Kier alpha value is -0.0800. The van der Waals surface area contributed by atoms with Gasteiger partial charge in [-0.15, -0.1) is 0 Å². The van der Waals surface area contributed by atoms with Crippen LogP contribution < -0.4 is 0 Å². The summed E-state index contributed by atoms with van der Waals surface area (Å²) < 4.78 is 10.6. The van der Waals surface area contributed by atoms with Crippen molar-refractivity contribution in [3.05, 3.63) is 0 Å². The quantitative estimate of drug-likeness (QED) is 0.437. The van der Waals surface area contributed by atoms with Gasteiger partial charge in [0.1, 0.15) is 6.10 Å². The van der Waals surface area contributed by atoms with Gasteiger partial charge in [0.2, 0.25) is 0 Å². The summed E-state index contributed by atoms with van der Waals surface area (Å²) in [5.41, 5.74) is 0. The van der Waals surface area contributed by atoms with E-state index in [0.717, 1.165) is 6.61 Å². The van der Waals surface area contributed by atoms with Crippen LogP contribution in [0.25, 0.3) is 0 Å². The summed E-state index contributed by atoms with van der Waals surface area (Å²) in [5, 5.41) is 0. The molecule has 0 saturated carbocycles. The van der Waals surface area contributed by atoms with Gasteiger partial charge in [-0.3, -0.25) is 0 Å². The molecule has 0 aromatic carbocycles. The van der Waals surface area contributed by atoms with E-state index in [-0.39, 0.29) is 5.79 Å². The van der Waals surface area contributed by atoms with Crippen molar-refractivity contribution in [2.45, 2.75) is 31.7 Å². The number of hydrogen-bond acceptors (Lipinski definition) is 2. The molecule has 2 aliphatic heterocycles. The number of fused-ring (bicyclic) bond motifs is 1. The second-order valence-corrected chi connectivity index (χ2v) is 2.61. The van der Waals surface area contributed by atoms with Gasteiger partial charge in [0.05, 0.1) is 6.61 Å². The van der Waals surface area contributed by atoms with E-state index in [1.165, 1.54) is 12.8 Å². The normalized spacial score (nSPS) is 52.9. The van der Waals surface area contributed by atoms with Gasteiger partial charge < -0.3 is 9.47 Å². The van der Waals surface area contributed by atoms with Crippen molar-refractivity contribution < 1.29 is 9.47 Å². The van der Waals surface area contributed by atoms with Gasteiger partial charge >= 0.3 is 0 Å². The molecule has 0 bridgehead atoms. The zero-order chi connectivity index (χ0) is 5.61. The molecule has 0 amide bonds. The SMILES string of the molecule is CC12OCCCC1O2. The smallest absolute Gasteiger partial charge is 0.192 e. The van der Waals surface area contributed by atoms with Crippen molar-refractivity contribution in [3.63, 3.8) is 0 Å². The summed E-state index contributed by atoms with van der Waals surface area (Å²) in [6.45, 7) is 2.89. The highest BCUT2D eigenvalue weighted by atomic mass is 16.8. The highest BCUT2D eigenvalue weighted by Gasteiger charge is 2.55. The molecule has 2 saturated heterocycles. The van der Waals surface area contributed by atoms with E-state index in [2.05, 4.69) is 0 Å². The average molecular weight is 114 g/mol. The Labute approximate surface area is 48.8 Å². The molecule has 8 heavy (non-hydrogen) atoms. The van der Waals surface area contributed by atoms with Gasteiger partial charge in [-0.25, -0.2) is 0 Å². The monoisotopic (exact) mass is 114 g/mol. The van der Waals surface area contributed by atoms with E-state index in [9.17, 15) is 0 Å². The minimum absolute atomic E-state index is 0.155. The van der Waals surface area contributed by atoms with Crippen LogP contribution in [0.5, 0.6) is 0 Å². The van der Waals surface area contributed by atoms with E-state index in [1.807, 2.05) is 6.92 Å². The van der Waals surface area contributed by atoms with Gasteiger partial charge in [-0.2, -0.15) is 0 Å². The molecule has 2 fully saturated rings. The first kappa shape index (κ1) is 4.77. The Morgan fingerprint density at radius 2 is 2.50 bits per heavy atom. The minimum atomic E-state index is -0.155. The molecule has 2 heterocycles. The van der Waals surface area contributed by atoms with E-state index < -0.39 is 0 Å². The van der Waals surface area contributed by atoms with Crippen LogP contribution in [-0.2, 0) is 9.47 Å². The maximum absolute atomic E-state index is 5.32. The molecular formula is C6H10O2. The predicted molar refractivity (Wildman–Crippen MR) is 28.5 cm³/mol. The first-order valence-electron chi connectivity index (χ1n) is 3.13.